The van der Waals surface area contributed by atoms with E-state index in [1.807, 2.05) is 42.3 Å². The van der Waals surface area contributed by atoms with Gasteiger partial charge >= 0.3 is 0 Å². The molecule has 2 aliphatic rings. The summed E-state index contributed by atoms with van der Waals surface area (Å²) in [5.41, 5.74) is 2.28. The maximum Gasteiger partial charge on any atom is 0.263 e. The van der Waals surface area contributed by atoms with Crippen molar-refractivity contribution < 1.29 is 14.6 Å². The predicted molar refractivity (Wildman–Crippen MR) is 121 cm³/mol. The van der Waals surface area contributed by atoms with Gasteiger partial charge in [-0.2, -0.15) is 0 Å². The van der Waals surface area contributed by atoms with Crippen LogP contribution in [0.25, 0.3) is 0 Å². The Bertz CT molecular complexity index is 860. The number of carbonyl (C=O) groups is 1. The number of likely N-dealkylation sites (N-methyl/N-ethyl adjacent to an activating group) is 1. The molecule has 0 aliphatic carbocycles. The number of hydrogen-bond acceptors (Lipinski definition) is 4. The number of amides is 1. The Balaban J connectivity index is 1.51. The summed E-state index contributed by atoms with van der Waals surface area (Å²) in [6.45, 7) is 2.24. The first-order chi connectivity index (χ1) is 14.0. The molecular formula is C23H27IN2O3. The first-order valence-corrected chi connectivity index (χ1v) is 11.3. The van der Waals surface area contributed by atoms with E-state index in [0.29, 0.717) is 19.5 Å². The molecule has 0 radical (unpaired) electrons. The zero-order chi connectivity index (χ0) is 20.4. The maximum absolute atomic E-state index is 13.4. The zero-order valence-corrected chi connectivity index (χ0v) is 18.8. The molecule has 6 heteroatoms. The maximum atomic E-state index is 13.4. The number of ether oxygens (including phenoxy) is 1. The SMILES string of the molecule is CN(C(=O)[C@H]1CCc2cc(I)ccc2O1)[C@H](CN1CC[C@H](O)C1)c1ccccc1. The third-order valence-corrected chi connectivity index (χ3v) is 6.59. The minimum atomic E-state index is -0.456. The van der Waals surface area contributed by atoms with Crippen LogP contribution in [-0.4, -0.2) is 59.7 Å². The molecule has 29 heavy (non-hydrogen) atoms. The van der Waals surface area contributed by atoms with Gasteiger partial charge in [0.05, 0.1) is 12.1 Å². The lowest BCUT2D eigenvalue weighted by Gasteiger charge is -2.35. The van der Waals surface area contributed by atoms with E-state index in [-0.39, 0.29) is 18.1 Å². The van der Waals surface area contributed by atoms with Gasteiger partial charge in [-0.1, -0.05) is 30.3 Å². The molecule has 2 heterocycles. The molecule has 0 saturated carbocycles. The molecule has 0 unspecified atom stereocenters. The fourth-order valence-corrected chi connectivity index (χ4v) is 4.82. The number of benzene rings is 2. The van der Waals surface area contributed by atoms with Gasteiger partial charge in [-0.25, -0.2) is 0 Å². The summed E-state index contributed by atoms with van der Waals surface area (Å²) in [6.07, 6.45) is 1.61. The number of nitrogens with zero attached hydrogens (tertiary/aromatic N) is 2. The number of fused-ring (bicyclic) bond motifs is 1. The van der Waals surface area contributed by atoms with Crippen molar-refractivity contribution in [3.8, 4) is 5.75 Å². The minimum absolute atomic E-state index is 0.0165. The normalized spacial score (nSPS) is 22.6. The molecular weight excluding hydrogens is 479 g/mol. The lowest BCUT2D eigenvalue weighted by molar-refractivity contribution is -0.140. The summed E-state index contributed by atoms with van der Waals surface area (Å²) in [6, 6.07) is 16.2. The van der Waals surface area contributed by atoms with Gasteiger partial charge in [0.15, 0.2) is 6.10 Å². The molecule has 1 saturated heterocycles. The average molecular weight is 506 g/mol. The number of aliphatic hydroxyl groups excluding tert-OH is 1. The highest BCUT2D eigenvalue weighted by atomic mass is 127. The van der Waals surface area contributed by atoms with Gasteiger partial charge < -0.3 is 14.7 Å². The number of likely N-dealkylation sites (tertiary alicyclic amines) is 1. The number of aliphatic hydroxyl groups is 1. The highest BCUT2D eigenvalue weighted by Crippen LogP contribution is 2.31. The van der Waals surface area contributed by atoms with E-state index in [1.165, 1.54) is 9.13 Å². The van der Waals surface area contributed by atoms with Crippen molar-refractivity contribution >= 4 is 28.5 Å². The second kappa shape index (κ2) is 9.02. The fraction of sp³-hybridized carbons (Fsp3) is 0.435. The summed E-state index contributed by atoms with van der Waals surface area (Å²) < 4.78 is 7.28. The van der Waals surface area contributed by atoms with Gasteiger partial charge in [-0.15, -0.1) is 0 Å². The number of halogens is 1. The zero-order valence-electron chi connectivity index (χ0n) is 16.6. The fourth-order valence-electron chi connectivity index (χ4n) is 4.26. The highest BCUT2D eigenvalue weighted by molar-refractivity contribution is 14.1. The Morgan fingerprint density at radius 1 is 1.28 bits per heavy atom. The second-order valence-electron chi connectivity index (χ2n) is 7.97. The Labute approximate surface area is 185 Å². The van der Waals surface area contributed by atoms with Crippen molar-refractivity contribution in [1.29, 1.82) is 0 Å². The molecule has 1 amide bonds. The Morgan fingerprint density at radius 2 is 2.07 bits per heavy atom. The molecule has 4 rings (SSSR count). The Hall–Kier alpha value is -1.64. The molecule has 1 fully saturated rings. The molecule has 2 aromatic rings. The average Bonchev–Trinajstić information content (AvgIpc) is 3.16. The van der Waals surface area contributed by atoms with Crippen LogP contribution in [0.1, 0.15) is 30.0 Å². The van der Waals surface area contributed by atoms with Crippen LogP contribution in [0.3, 0.4) is 0 Å². The van der Waals surface area contributed by atoms with E-state index in [4.69, 9.17) is 4.74 Å². The van der Waals surface area contributed by atoms with Crippen LogP contribution in [0.15, 0.2) is 48.5 Å². The van der Waals surface area contributed by atoms with Crippen LogP contribution < -0.4 is 4.74 Å². The summed E-state index contributed by atoms with van der Waals surface area (Å²) in [7, 11) is 1.87. The van der Waals surface area contributed by atoms with Crippen molar-refractivity contribution in [2.75, 3.05) is 26.7 Å². The summed E-state index contributed by atoms with van der Waals surface area (Å²) in [5, 5.41) is 9.90. The predicted octanol–water partition coefficient (Wildman–Crippen LogP) is 3.25. The minimum Gasteiger partial charge on any atom is -0.480 e. The van der Waals surface area contributed by atoms with Crippen LogP contribution in [0, 0.1) is 3.57 Å². The van der Waals surface area contributed by atoms with Crippen molar-refractivity contribution in [2.24, 2.45) is 0 Å². The van der Waals surface area contributed by atoms with E-state index in [2.05, 4.69) is 45.7 Å². The molecule has 3 atom stereocenters. The molecule has 154 valence electrons. The van der Waals surface area contributed by atoms with Crippen molar-refractivity contribution in [3.63, 3.8) is 0 Å². The molecule has 0 spiro atoms. The molecule has 0 aromatic heterocycles. The third-order valence-electron chi connectivity index (χ3n) is 5.92. The van der Waals surface area contributed by atoms with E-state index in [9.17, 15) is 9.90 Å². The molecule has 2 aromatic carbocycles. The number of β-amino-alcohol motifs (C(OH)–C–C–N with tert-alkyl or cyclic N) is 1. The highest BCUT2D eigenvalue weighted by Gasteiger charge is 2.34. The molecule has 0 bridgehead atoms. The molecule has 2 aliphatic heterocycles. The second-order valence-corrected chi connectivity index (χ2v) is 9.22. The van der Waals surface area contributed by atoms with Gasteiger partial charge in [0.25, 0.3) is 5.91 Å². The van der Waals surface area contributed by atoms with Gasteiger partial charge in [0.2, 0.25) is 0 Å². The number of rotatable bonds is 5. The Kier molecular flexibility index (Phi) is 6.41. The topological polar surface area (TPSA) is 53.0 Å². The van der Waals surface area contributed by atoms with Crippen molar-refractivity contribution in [2.45, 2.75) is 37.5 Å². The summed E-state index contributed by atoms with van der Waals surface area (Å²) >= 11 is 2.30. The van der Waals surface area contributed by atoms with E-state index >= 15 is 0 Å². The lowest BCUT2D eigenvalue weighted by Crippen LogP contribution is -2.46. The van der Waals surface area contributed by atoms with Crippen molar-refractivity contribution in [1.82, 2.24) is 9.80 Å². The van der Waals surface area contributed by atoms with E-state index in [1.54, 1.807) is 0 Å². The molecule has 5 nitrogen and oxygen atoms in total. The van der Waals surface area contributed by atoms with Crippen LogP contribution in [-0.2, 0) is 11.2 Å². The van der Waals surface area contributed by atoms with Gasteiger partial charge in [0.1, 0.15) is 5.75 Å². The number of carbonyl (C=O) groups excluding carboxylic acids is 1. The third kappa shape index (κ3) is 4.75. The number of hydrogen-bond donors (Lipinski definition) is 1. The monoisotopic (exact) mass is 506 g/mol. The summed E-state index contributed by atoms with van der Waals surface area (Å²) in [4.78, 5) is 17.4. The van der Waals surface area contributed by atoms with Crippen LogP contribution in [0.2, 0.25) is 0 Å². The molecule has 1 N–H and O–H groups in total. The van der Waals surface area contributed by atoms with E-state index in [0.717, 1.165) is 30.7 Å². The van der Waals surface area contributed by atoms with Crippen molar-refractivity contribution in [3.05, 3.63) is 63.2 Å². The first kappa shape index (κ1) is 20.6. The summed E-state index contributed by atoms with van der Waals surface area (Å²) in [5.74, 6) is 0.838. The number of aryl methyl sites for hydroxylation is 1. The standard InChI is InChI=1S/C23H27IN2O3/c1-25(23(28)22-9-7-17-13-18(24)8-10-21(17)29-22)20(16-5-3-2-4-6-16)15-26-12-11-19(27)14-26/h2-6,8,10,13,19-20,22,27H,7,9,11-12,14-15H2,1H3/t19-,20+,22+/m0/s1. The van der Waals surface area contributed by atoms with Gasteiger partial charge in [-0.05, 0) is 71.2 Å². The van der Waals surface area contributed by atoms with Crippen LogP contribution in [0.5, 0.6) is 5.75 Å². The largest absolute Gasteiger partial charge is 0.480 e. The Morgan fingerprint density at radius 3 is 2.79 bits per heavy atom. The first-order valence-electron chi connectivity index (χ1n) is 10.2. The van der Waals surface area contributed by atoms with Crippen LogP contribution >= 0.6 is 22.6 Å². The smallest absolute Gasteiger partial charge is 0.263 e. The van der Waals surface area contributed by atoms with Gasteiger partial charge in [0, 0.05) is 30.3 Å². The quantitative estimate of drug-likeness (QED) is 0.633. The van der Waals surface area contributed by atoms with Gasteiger partial charge in [-0.3, -0.25) is 9.69 Å². The van der Waals surface area contributed by atoms with Crippen LogP contribution in [0.4, 0.5) is 0 Å². The lowest BCUT2D eigenvalue weighted by atomic mass is 10.00. The van der Waals surface area contributed by atoms with E-state index < -0.39 is 6.10 Å².